The molecule has 2 aliphatic rings. The molecule has 30 heavy (non-hydrogen) atoms. The number of ether oxygens (including phenoxy) is 1. The normalized spacial score (nSPS) is 18.6. The molecule has 0 aliphatic carbocycles. The average molecular weight is 411 g/mol. The molecule has 0 aromatic heterocycles. The molecule has 1 N–H and O–H groups in total. The van der Waals surface area contributed by atoms with E-state index < -0.39 is 0 Å². The first kappa shape index (κ1) is 22.3. The summed E-state index contributed by atoms with van der Waals surface area (Å²) in [5.41, 5.74) is 4.21. The molecule has 1 fully saturated rings. The van der Waals surface area contributed by atoms with E-state index >= 15 is 0 Å². The van der Waals surface area contributed by atoms with Crippen LogP contribution in [0, 0.1) is 18.3 Å². The van der Waals surface area contributed by atoms with Crippen molar-refractivity contribution in [1.82, 2.24) is 4.90 Å². The van der Waals surface area contributed by atoms with Gasteiger partial charge in [-0.25, -0.2) is 5.26 Å². The smallest absolute Gasteiger partial charge is 0.146 e. The van der Waals surface area contributed by atoms with Crippen molar-refractivity contribution in [3.8, 4) is 18.1 Å². The molecular formula is C24H29NO5. The Morgan fingerprint density at radius 3 is 2.50 bits per heavy atom. The molecule has 0 spiro atoms. The lowest BCUT2D eigenvalue weighted by molar-refractivity contribution is -0.620. The third-order valence-electron chi connectivity index (χ3n) is 5.80. The van der Waals surface area contributed by atoms with Gasteiger partial charge in [-0.15, -0.1) is 6.42 Å². The molecule has 2 aliphatic heterocycles. The van der Waals surface area contributed by atoms with Crippen molar-refractivity contribution >= 4 is 0 Å². The van der Waals surface area contributed by atoms with Crippen molar-refractivity contribution in [1.29, 1.82) is 0 Å². The number of hydrogen-bond donors (Lipinski definition) is 1. The lowest BCUT2D eigenvalue weighted by Gasteiger charge is -2.36. The fourth-order valence-corrected chi connectivity index (χ4v) is 4.35. The number of nitrogens with zero attached hydrogens (tertiary/aromatic N) is 1. The van der Waals surface area contributed by atoms with E-state index in [2.05, 4.69) is 87.7 Å². The van der Waals surface area contributed by atoms with Gasteiger partial charge in [-0.3, -0.25) is 0 Å². The van der Waals surface area contributed by atoms with Gasteiger partial charge in [-0.2, -0.15) is 4.89 Å². The predicted octanol–water partition coefficient (Wildman–Crippen LogP) is 4.42. The molecule has 2 heterocycles. The summed E-state index contributed by atoms with van der Waals surface area (Å²) in [5.74, 6) is 4.33. The van der Waals surface area contributed by atoms with Gasteiger partial charge >= 0.3 is 0 Å². The highest BCUT2D eigenvalue weighted by molar-refractivity contribution is 5.47. The Morgan fingerprint density at radius 2 is 1.80 bits per heavy atom. The van der Waals surface area contributed by atoms with E-state index in [9.17, 15) is 0 Å². The number of fused-ring (bicyclic) bond motifs is 2. The summed E-state index contributed by atoms with van der Waals surface area (Å²) in [5, 5.41) is 13.9. The quantitative estimate of drug-likeness (QED) is 0.340. The van der Waals surface area contributed by atoms with Gasteiger partial charge < -0.3 is 9.64 Å². The zero-order valence-corrected chi connectivity index (χ0v) is 17.3. The number of piperidine rings is 1. The highest BCUT2D eigenvalue weighted by Gasteiger charge is 2.33. The second-order valence-corrected chi connectivity index (χ2v) is 7.38. The van der Waals surface area contributed by atoms with Crippen LogP contribution in [0.1, 0.15) is 42.4 Å². The molecule has 2 aromatic carbocycles. The molecule has 1 saturated heterocycles. The Labute approximate surface area is 178 Å². The van der Waals surface area contributed by atoms with Crippen LogP contribution < -0.4 is 4.74 Å². The Bertz CT molecular complexity index is 779. The molecular weight excluding hydrogens is 382 g/mol. The maximum atomic E-state index is 7.38. The van der Waals surface area contributed by atoms with Crippen LogP contribution >= 0.6 is 0 Å². The monoisotopic (exact) mass is 411 g/mol. The van der Waals surface area contributed by atoms with Gasteiger partial charge in [-0.1, -0.05) is 55.3 Å². The third-order valence-corrected chi connectivity index (χ3v) is 5.80. The van der Waals surface area contributed by atoms with Crippen LogP contribution in [0.4, 0.5) is 0 Å². The van der Waals surface area contributed by atoms with Gasteiger partial charge in [-0.05, 0) is 65.7 Å². The van der Waals surface area contributed by atoms with Gasteiger partial charge in [0, 0.05) is 11.5 Å². The van der Waals surface area contributed by atoms with Gasteiger partial charge in [0.15, 0.2) is 0 Å². The Kier molecular flexibility index (Phi) is 8.69. The Morgan fingerprint density at radius 1 is 1.10 bits per heavy atom. The molecule has 4 rings (SSSR count). The maximum Gasteiger partial charge on any atom is 0.146 e. The zero-order chi connectivity index (χ0) is 21.2. The van der Waals surface area contributed by atoms with E-state index in [0.29, 0.717) is 18.4 Å². The molecule has 1 atom stereocenters. The molecule has 0 bridgehead atoms. The van der Waals surface area contributed by atoms with Crippen LogP contribution in [0.25, 0.3) is 0 Å². The van der Waals surface area contributed by atoms with Crippen LogP contribution in [-0.4, -0.2) is 36.4 Å². The summed E-state index contributed by atoms with van der Waals surface area (Å²) in [6, 6.07) is 17.5. The van der Waals surface area contributed by atoms with Crippen LogP contribution in [0.3, 0.4) is 0 Å². The molecule has 6 heteroatoms. The van der Waals surface area contributed by atoms with Crippen molar-refractivity contribution in [2.45, 2.75) is 32.3 Å². The number of likely N-dealkylation sites (tertiary alicyclic amines) is 1. The summed E-state index contributed by atoms with van der Waals surface area (Å²) >= 11 is 0. The lowest BCUT2D eigenvalue weighted by atomic mass is 9.75. The fourth-order valence-electron chi connectivity index (χ4n) is 4.35. The van der Waals surface area contributed by atoms with E-state index in [1.807, 2.05) is 0 Å². The van der Waals surface area contributed by atoms with E-state index in [-0.39, 0.29) is 6.61 Å². The Balaban J connectivity index is 0.000000318. The third kappa shape index (κ3) is 5.60. The Hall–Kier alpha value is -2.40. The number of terminal acetylenes is 1. The molecule has 1 unspecified atom stereocenters. The summed E-state index contributed by atoms with van der Waals surface area (Å²) in [4.78, 5) is 6.49. The van der Waals surface area contributed by atoms with Gasteiger partial charge in [0.05, 0.1) is 0 Å². The van der Waals surface area contributed by atoms with Crippen molar-refractivity contribution in [3.05, 3.63) is 65.2 Å². The van der Waals surface area contributed by atoms with Crippen molar-refractivity contribution in [2.24, 2.45) is 5.92 Å². The average Bonchev–Trinajstić information content (AvgIpc) is 2.97. The number of hydrogen-bond acceptors (Lipinski definition) is 6. The minimum absolute atomic E-state index is 0.0550. The van der Waals surface area contributed by atoms with Crippen molar-refractivity contribution in [3.63, 3.8) is 0 Å². The summed E-state index contributed by atoms with van der Waals surface area (Å²) in [6.07, 6.45) is 7.23. The second-order valence-electron chi connectivity index (χ2n) is 7.38. The summed E-state index contributed by atoms with van der Waals surface area (Å²) in [7, 11) is 0. The van der Waals surface area contributed by atoms with Gasteiger partial charge in [0.2, 0.25) is 0 Å². The minimum Gasteiger partial charge on any atom is -0.489 e. The van der Waals surface area contributed by atoms with Gasteiger partial charge in [0.25, 0.3) is 0 Å². The number of benzene rings is 2. The fraction of sp³-hybridized carbons (Fsp3) is 0.417. The summed E-state index contributed by atoms with van der Waals surface area (Å²) < 4.78 is 6.13. The van der Waals surface area contributed by atoms with E-state index in [1.54, 1.807) is 0 Å². The van der Waals surface area contributed by atoms with Crippen LogP contribution in [0.15, 0.2) is 48.5 Å². The first-order chi connectivity index (χ1) is 14.8. The largest absolute Gasteiger partial charge is 0.489 e. The predicted molar refractivity (Wildman–Crippen MR) is 113 cm³/mol. The topological polar surface area (TPSA) is 60.4 Å². The maximum absolute atomic E-state index is 7.38. The zero-order valence-electron chi connectivity index (χ0n) is 17.3. The van der Waals surface area contributed by atoms with E-state index in [4.69, 9.17) is 9.99 Å². The van der Waals surface area contributed by atoms with E-state index in [0.717, 1.165) is 5.75 Å². The highest BCUT2D eigenvalue weighted by Crippen LogP contribution is 2.44. The van der Waals surface area contributed by atoms with Crippen LogP contribution in [0.2, 0.25) is 0 Å². The second kappa shape index (κ2) is 11.7. The molecule has 0 radical (unpaired) electrons. The van der Waals surface area contributed by atoms with E-state index in [1.165, 1.54) is 49.2 Å². The van der Waals surface area contributed by atoms with Crippen LogP contribution in [-0.2, 0) is 21.6 Å². The molecule has 160 valence electrons. The molecule has 2 aromatic rings. The highest BCUT2D eigenvalue weighted by atomic mass is 17.6. The molecule has 0 amide bonds. The van der Waals surface area contributed by atoms with Crippen LogP contribution in [0.5, 0.6) is 5.75 Å². The SMILES string of the molecule is C#CCOOOO.CCN1CCC(C2c3ccccc3COc3ccccc32)CC1. The molecule has 6 nitrogen and oxygen atoms in total. The summed E-state index contributed by atoms with van der Waals surface area (Å²) in [6.45, 7) is 6.53. The van der Waals surface area contributed by atoms with Crippen molar-refractivity contribution < 1.29 is 25.0 Å². The standard InChI is InChI=1S/C21H25NO.C3H4O4/c1-2-22-13-11-16(12-14-22)21-18-8-4-3-7-17(18)15-23-20-10-6-5-9-19(20)21;1-2-3-5-7-6-4/h3-10,16,21H,2,11-15H2,1H3;1,4H,3H2. The van der Waals surface area contributed by atoms with Crippen molar-refractivity contribution in [2.75, 3.05) is 26.2 Å². The van der Waals surface area contributed by atoms with Gasteiger partial charge in [0.1, 0.15) is 19.0 Å². The lowest BCUT2D eigenvalue weighted by Crippen LogP contribution is -2.35. The number of para-hydroxylation sites is 1. The first-order valence-electron chi connectivity index (χ1n) is 10.3. The first-order valence-corrected chi connectivity index (χ1v) is 10.3. The molecule has 0 saturated carbocycles. The minimum atomic E-state index is -0.0550. The number of rotatable bonds is 5.